The Kier molecular flexibility index (Phi) is 4.95. The van der Waals surface area contributed by atoms with Gasteiger partial charge in [0.15, 0.2) is 17.6 Å². The Labute approximate surface area is 212 Å². The van der Waals surface area contributed by atoms with E-state index in [1.165, 1.54) is 11.1 Å². The van der Waals surface area contributed by atoms with E-state index in [4.69, 9.17) is 15.6 Å². The van der Waals surface area contributed by atoms with Gasteiger partial charge in [0, 0.05) is 18.3 Å². The van der Waals surface area contributed by atoms with Crippen LogP contribution in [0.5, 0.6) is 5.75 Å². The van der Waals surface area contributed by atoms with Gasteiger partial charge in [-0.25, -0.2) is 0 Å². The minimum atomic E-state index is -2.56. The Hall–Kier alpha value is -3.91. The van der Waals surface area contributed by atoms with Crippen molar-refractivity contribution in [1.29, 1.82) is 10.8 Å². The highest BCUT2D eigenvalue weighted by Crippen LogP contribution is 2.44. The molecule has 0 bridgehead atoms. The van der Waals surface area contributed by atoms with Crippen molar-refractivity contribution in [2.75, 3.05) is 13.2 Å². The average molecular weight is 511 g/mol. The van der Waals surface area contributed by atoms with Gasteiger partial charge in [0.25, 0.3) is 5.91 Å². The van der Waals surface area contributed by atoms with Crippen molar-refractivity contribution in [2.24, 2.45) is 0 Å². The van der Waals surface area contributed by atoms with Crippen molar-refractivity contribution in [1.82, 2.24) is 41.2 Å². The summed E-state index contributed by atoms with van der Waals surface area (Å²) in [5.41, 5.74) is -0.626. The zero-order valence-corrected chi connectivity index (χ0v) is 20.4. The van der Waals surface area contributed by atoms with Crippen LogP contribution in [0.1, 0.15) is 36.2 Å². The lowest BCUT2D eigenvalue weighted by Crippen LogP contribution is -2.81. The summed E-state index contributed by atoms with van der Waals surface area (Å²) in [6.07, 6.45) is 4.00. The smallest absolute Gasteiger partial charge is 0.255 e. The summed E-state index contributed by atoms with van der Waals surface area (Å²) in [5.74, 6) is -2.78. The van der Waals surface area contributed by atoms with E-state index < -0.39 is 35.5 Å². The standard InChI is InChI=1S/C23H30N10O4/c1-21(2)6-9-37-16-12(4-3-5-13(16)21)18(34)28-15-11-33-20(25)27-14(10-32-8-7-26-31-32)17-22(33,23(15,35)36)30-19(24)29-17/h3-5,7-8,14-15,17,35-36H,6,9-11H2,1-2H3,(H2,25,27)(H,28,34)(H3,24,29,30)/t14-,15-,17-,22-/m0/s1. The maximum Gasteiger partial charge on any atom is 0.255 e. The Morgan fingerprint density at radius 1 is 1.30 bits per heavy atom. The molecule has 5 heterocycles. The molecule has 37 heavy (non-hydrogen) atoms. The largest absolute Gasteiger partial charge is 0.492 e. The number of benzene rings is 1. The molecule has 1 aromatic carbocycles. The summed E-state index contributed by atoms with van der Waals surface area (Å²) in [5, 5.41) is 59.6. The third kappa shape index (κ3) is 3.28. The van der Waals surface area contributed by atoms with Crippen molar-refractivity contribution in [2.45, 2.75) is 61.8 Å². The first-order valence-electron chi connectivity index (χ1n) is 12.2. The van der Waals surface area contributed by atoms with Gasteiger partial charge in [-0.15, -0.1) is 5.10 Å². The molecule has 1 aromatic heterocycles. The number of aromatic nitrogens is 3. The van der Waals surface area contributed by atoms with E-state index >= 15 is 0 Å². The molecule has 1 spiro atoms. The fourth-order valence-electron chi connectivity index (χ4n) is 6.05. The lowest BCUT2D eigenvalue weighted by molar-refractivity contribution is -0.232. The number of aliphatic hydroxyl groups is 2. The second kappa shape index (κ2) is 7.79. The van der Waals surface area contributed by atoms with Crippen molar-refractivity contribution >= 4 is 17.8 Å². The Morgan fingerprint density at radius 2 is 2.11 bits per heavy atom. The normalized spacial score (nSPS) is 30.7. The van der Waals surface area contributed by atoms with E-state index in [9.17, 15) is 15.0 Å². The SMILES string of the molecule is CC1(C)CCOc2c(C(=O)N[C@H]3CN4C(=N)N[C@@H](Cn5ccnn5)[C@@H]5NC(=N)N[C@@]54C3(O)O)cccc21. The average Bonchev–Trinajstić information content (AvgIpc) is 3.52. The van der Waals surface area contributed by atoms with Crippen molar-refractivity contribution in [3.63, 3.8) is 0 Å². The number of hydrogen-bond acceptors (Lipinski definition) is 8. The fraction of sp³-hybridized carbons (Fsp3) is 0.522. The number of carbonyl (C=O) groups excluding carboxylic acids is 1. The molecule has 2 aromatic rings. The summed E-state index contributed by atoms with van der Waals surface area (Å²) in [7, 11) is 0. The van der Waals surface area contributed by atoms with Crippen LogP contribution in [0, 0.1) is 10.8 Å². The van der Waals surface area contributed by atoms with Gasteiger partial charge in [-0.05, 0) is 17.9 Å². The van der Waals surface area contributed by atoms with Crippen LogP contribution in [-0.2, 0) is 12.0 Å². The summed E-state index contributed by atoms with van der Waals surface area (Å²) in [6.45, 7) is 4.84. The van der Waals surface area contributed by atoms with Gasteiger partial charge in [-0.1, -0.05) is 31.2 Å². The first-order chi connectivity index (χ1) is 17.5. The lowest BCUT2D eigenvalue weighted by atomic mass is 9.79. The maximum atomic E-state index is 13.5. The third-order valence-electron chi connectivity index (χ3n) is 8.02. The first-order valence-corrected chi connectivity index (χ1v) is 12.2. The predicted molar refractivity (Wildman–Crippen MR) is 130 cm³/mol. The van der Waals surface area contributed by atoms with Crippen LogP contribution in [0.15, 0.2) is 30.6 Å². The molecule has 1 amide bonds. The minimum absolute atomic E-state index is 0.0724. The van der Waals surface area contributed by atoms with Gasteiger partial charge >= 0.3 is 0 Å². The molecule has 196 valence electrons. The number of rotatable bonds is 4. The summed E-state index contributed by atoms with van der Waals surface area (Å²) in [6, 6.07) is 2.88. The summed E-state index contributed by atoms with van der Waals surface area (Å²) < 4.78 is 7.44. The number of fused-ring (bicyclic) bond motifs is 1. The van der Waals surface area contributed by atoms with Gasteiger partial charge in [0.1, 0.15) is 11.8 Å². The number of guanidine groups is 2. The van der Waals surface area contributed by atoms with E-state index in [2.05, 4.69) is 45.4 Å². The molecule has 14 nitrogen and oxygen atoms in total. The minimum Gasteiger partial charge on any atom is -0.492 e. The van der Waals surface area contributed by atoms with Gasteiger partial charge in [0.05, 0.1) is 37.0 Å². The quantitative estimate of drug-likeness (QED) is 0.218. The van der Waals surface area contributed by atoms with Crippen LogP contribution in [0.2, 0.25) is 0 Å². The number of hydrogen-bond donors (Lipinski definition) is 8. The van der Waals surface area contributed by atoms with Crippen LogP contribution < -0.4 is 26.0 Å². The number of carbonyl (C=O) groups is 1. The molecule has 3 saturated heterocycles. The molecule has 6 rings (SSSR count). The number of nitrogens with one attached hydrogen (secondary N) is 6. The molecule has 4 aliphatic rings. The second-order valence-electron chi connectivity index (χ2n) is 10.6. The predicted octanol–water partition coefficient (Wildman–Crippen LogP) is -1.77. The van der Waals surface area contributed by atoms with E-state index in [0.29, 0.717) is 17.9 Å². The molecule has 0 aliphatic carbocycles. The van der Waals surface area contributed by atoms with Crippen molar-refractivity contribution in [3.8, 4) is 5.75 Å². The number of amides is 1. The van der Waals surface area contributed by atoms with Crippen LogP contribution >= 0.6 is 0 Å². The highest BCUT2D eigenvalue weighted by molar-refractivity contribution is 5.98. The Balaban J connectivity index is 1.32. The lowest BCUT2D eigenvalue weighted by Gasteiger charge is -2.51. The van der Waals surface area contributed by atoms with Gasteiger partial charge in [-0.3, -0.25) is 20.3 Å². The topological polar surface area (TPSA) is 197 Å². The van der Waals surface area contributed by atoms with Crippen molar-refractivity contribution < 1.29 is 19.7 Å². The fourth-order valence-corrected chi connectivity index (χ4v) is 6.05. The molecular formula is C23H30N10O4. The van der Waals surface area contributed by atoms with E-state index in [1.807, 2.05) is 6.07 Å². The number of nitrogens with zero attached hydrogens (tertiary/aromatic N) is 4. The zero-order valence-electron chi connectivity index (χ0n) is 20.4. The summed E-state index contributed by atoms with van der Waals surface area (Å²) >= 11 is 0. The molecule has 0 unspecified atom stereocenters. The van der Waals surface area contributed by atoms with Gasteiger partial charge in [-0.2, -0.15) is 0 Å². The van der Waals surface area contributed by atoms with Crippen LogP contribution in [0.4, 0.5) is 0 Å². The zero-order chi connectivity index (χ0) is 26.2. The maximum absolute atomic E-state index is 13.5. The Morgan fingerprint density at radius 3 is 2.86 bits per heavy atom. The molecule has 0 radical (unpaired) electrons. The first kappa shape index (κ1) is 23.5. The molecule has 3 fully saturated rings. The van der Waals surface area contributed by atoms with Crippen molar-refractivity contribution in [3.05, 3.63) is 41.7 Å². The third-order valence-corrected chi connectivity index (χ3v) is 8.02. The monoisotopic (exact) mass is 510 g/mol. The highest BCUT2D eigenvalue weighted by Gasteiger charge is 2.74. The van der Waals surface area contributed by atoms with Crippen LogP contribution in [0.3, 0.4) is 0 Å². The second-order valence-corrected chi connectivity index (χ2v) is 10.6. The van der Waals surface area contributed by atoms with Gasteiger partial charge < -0.3 is 41.1 Å². The van der Waals surface area contributed by atoms with Crippen LogP contribution in [-0.4, -0.2) is 90.7 Å². The molecule has 8 N–H and O–H groups in total. The van der Waals surface area contributed by atoms with Gasteiger partial charge in [0.2, 0.25) is 5.79 Å². The van der Waals surface area contributed by atoms with E-state index in [1.54, 1.807) is 23.0 Å². The van der Waals surface area contributed by atoms with Crippen LogP contribution in [0.25, 0.3) is 0 Å². The molecule has 4 aliphatic heterocycles. The Bertz CT molecular complexity index is 1280. The molecular weight excluding hydrogens is 480 g/mol. The number of para-hydroxylation sites is 1. The molecule has 14 heteroatoms. The van der Waals surface area contributed by atoms with E-state index in [-0.39, 0.29) is 30.4 Å². The molecule has 0 saturated carbocycles. The highest BCUT2D eigenvalue weighted by atomic mass is 16.5. The molecule has 4 atom stereocenters. The van der Waals surface area contributed by atoms with E-state index in [0.717, 1.165) is 12.0 Å². The number of ether oxygens (including phenoxy) is 1. The summed E-state index contributed by atoms with van der Waals surface area (Å²) in [4.78, 5) is 14.9.